The van der Waals surface area contributed by atoms with Gasteiger partial charge in [0.05, 0.1) is 11.1 Å². The number of aromatic nitrogens is 1. The van der Waals surface area contributed by atoms with E-state index in [1.54, 1.807) is 12.1 Å². The lowest BCUT2D eigenvalue weighted by atomic mass is 10.0. The number of amides is 1. The van der Waals surface area contributed by atoms with E-state index in [0.29, 0.717) is 17.7 Å². The summed E-state index contributed by atoms with van der Waals surface area (Å²) in [4.78, 5) is 29.3. The summed E-state index contributed by atoms with van der Waals surface area (Å²) >= 11 is 0. The Balaban J connectivity index is 1.79. The highest BCUT2D eigenvalue weighted by atomic mass is 16.5. The second-order valence-electron chi connectivity index (χ2n) is 5.92. The standard InChI is InChI=1S/C21H20N2O3/c1-3-17-14(2)20(16-11-7-8-12-18(16)23-17)21(25)26-13-19(24)22-15-9-5-4-6-10-15/h4-12H,3,13H2,1-2H3,(H,22,24). The van der Waals surface area contributed by atoms with Crippen LogP contribution in [0.25, 0.3) is 10.9 Å². The van der Waals surface area contributed by atoms with E-state index in [-0.39, 0.29) is 12.5 Å². The summed E-state index contributed by atoms with van der Waals surface area (Å²) in [5.41, 5.74) is 3.52. The van der Waals surface area contributed by atoms with E-state index in [0.717, 1.165) is 22.2 Å². The van der Waals surface area contributed by atoms with Gasteiger partial charge in [0.2, 0.25) is 0 Å². The van der Waals surface area contributed by atoms with Crippen molar-refractivity contribution in [1.29, 1.82) is 0 Å². The average molecular weight is 348 g/mol. The quantitative estimate of drug-likeness (QED) is 0.710. The monoisotopic (exact) mass is 348 g/mol. The number of rotatable bonds is 5. The van der Waals surface area contributed by atoms with Gasteiger partial charge in [0.15, 0.2) is 6.61 Å². The lowest BCUT2D eigenvalue weighted by Gasteiger charge is -2.13. The van der Waals surface area contributed by atoms with Gasteiger partial charge in [-0.05, 0) is 37.1 Å². The molecule has 132 valence electrons. The first kappa shape index (κ1) is 17.6. The Morgan fingerprint density at radius 2 is 1.73 bits per heavy atom. The molecule has 0 atom stereocenters. The number of nitrogens with zero attached hydrogens (tertiary/aromatic N) is 1. The summed E-state index contributed by atoms with van der Waals surface area (Å²) in [5, 5.41) is 3.43. The smallest absolute Gasteiger partial charge is 0.339 e. The Bertz CT molecular complexity index is 952. The normalized spacial score (nSPS) is 10.5. The van der Waals surface area contributed by atoms with Gasteiger partial charge in [-0.25, -0.2) is 4.79 Å². The van der Waals surface area contributed by atoms with Gasteiger partial charge >= 0.3 is 5.97 Å². The van der Waals surface area contributed by atoms with Crippen LogP contribution in [0.15, 0.2) is 54.6 Å². The molecule has 0 bridgehead atoms. The third-order valence-corrected chi connectivity index (χ3v) is 4.17. The maximum absolute atomic E-state index is 12.7. The van der Waals surface area contributed by atoms with E-state index < -0.39 is 5.97 Å². The first-order valence-electron chi connectivity index (χ1n) is 8.50. The molecule has 1 aromatic heterocycles. The number of para-hydroxylation sites is 2. The van der Waals surface area contributed by atoms with Gasteiger partial charge < -0.3 is 10.1 Å². The van der Waals surface area contributed by atoms with E-state index >= 15 is 0 Å². The predicted octanol–water partition coefficient (Wildman–Crippen LogP) is 3.90. The van der Waals surface area contributed by atoms with Crippen LogP contribution in [-0.4, -0.2) is 23.5 Å². The molecule has 0 aliphatic heterocycles. The summed E-state index contributed by atoms with van der Waals surface area (Å²) in [6, 6.07) is 16.5. The number of carbonyl (C=O) groups excluding carboxylic acids is 2. The Kier molecular flexibility index (Phi) is 5.27. The van der Waals surface area contributed by atoms with Crippen LogP contribution in [0, 0.1) is 6.92 Å². The molecule has 0 saturated carbocycles. The zero-order chi connectivity index (χ0) is 18.5. The number of fused-ring (bicyclic) bond motifs is 1. The average Bonchev–Trinajstić information content (AvgIpc) is 2.66. The van der Waals surface area contributed by atoms with Crippen molar-refractivity contribution in [3.63, 3.8) is 0 Å². The van der Waals surface area contributed by atoms with E-state index in [2.05, 4.69) is 10.3 Å². The Morgan fingerprint density at radius 1 is 1.04 bits per heavy atom. The molecular weight excluding hydrogens is 328 g/mol. The molecule has 0 fully saturated rings. The molecule has 26 heavy (non-hydrogen) atoms. The van der Waals surface area contributed by atoms with Crippen molar-refractivity contribution in [3.8, 4) is 0 Å². The van der Waals surface area contributed by atoms with Crippen molar-refractivity contribution in [3.05, 3.63) is 71.4 Å². The van der Waals surface area contributed by atoms with Crippen LogP contribution in [0.3, 0.4) is 0 Å². The van der Waals surface area contributed by atoms with Crippen LogP contribution in [0.5, 0.6) is 0 Å². The zero-order valence-corrected chi connectivity index (χ0v) is 14.8. The molecule has 5 nitrogen and oxygen atoms in total. The molecule has 0 unspecified atom stereocenters. The molecule has 2 aromatic carbocycles. The number of nitrogens with one attached hydrogen (secondary N) is 1. The van der Waals surface area contributed by atoms with E-state index in [1.807, 2.05) is 56.3 Å². The molecule has 3 rings (SSSR count). The fourth-order valence-corrected chi connectivity index (χ4v) is 2.89. The first-order valence-corrected chi connectivity index (χ1v) is 8.50. The highest BCUT2D eigenvalue weighted by molar-refractivity contribution is 6.05. The fourth-order valence-electron chi connectivity index (χ4n) is 2.89. The number of esters is 1. The third-order valence-electron chi connectivity index (χ3n) is 4.17. The van der Waals surface area contributed by atoms with Gasteiger partial charge in [0, 0.05) is 16.8 Å². The number of ether oxygens (including phenoxy) is 1. The minimum absolute atomic E-state index is 0.342. The van der Waals surface area contributed by atoms with Crippen molar-refractivity contribution in [1.82, 2.24) is 4.98 Å². The molecule has 0 aliphatic rings. The minimum atomic E-state index is -0.515. The summed E-state index contributed by atoms with van der Waals surface area (Å²) in [6.07, 6.45) is 0.714. The summed E-state index contributed by atoms with van der Waals surface area (Å²) in [5.74, 6) is -0.893. The van der Waals surface area contributed by atoms with Gasteiger partial charge in [0.25, 0.3) is 5.91 Å². The minimum Gasteiger partial charge on any atom is -0.452 e. The molecule has 0 spiro atoms. The Morgan fingerprint density at radius 3 is 2.46 bits per heavy atom. The Labute approximate surface area is 152 Å². The second-order valence-corrected chi connectivity index (χ2v) is 5.92. The Hall–Kier alpha value is -3.21. The highest BCUT2D eigenvalue weighted by Crippen LogP contribution is 2.24. The molecule has 1 amide bonds. The van der Waals surface area contributed by atoms with Gasteiger partial charge in [-0.1, -0.05) is 43.3 Å². The van der Waals surface area contributed by atoms with E-state index in [9.17, 15) is 9.59 Å². The lowest BCUT2D eigenvalue weighted by molar-refractivity contribution is -0.119. The zero-order valence-electron chi connectivity index (χ0n) is 14.8. The van der Waals surface area contributed by atoms with Gasteiger partial charge in [0.1, 0.15) is 0 Å². The largest absolute Gasteiger partial charge is 0.452 e. The number of hydrogen-bond donors (Lipinski definition) is 1. The van der Waals surface area contributed by atoms with Crippen LogP contribution in [-0.2, 0) is 16.0 Å². The summed E-state index contributed by atoms with van der Waals surface area (Å²) < 4.78 is 5.27. The summed E-state index contributed by atoms with van der Waals surface area (Å²) in [7, 11) is 0. The third kappa shape index (κ3) is 3.72. The van der Waals surface area contributed by atoms with Crippen LogP contribution in [0.4, 0.5) is 5.69 Å². The second kappa shape index (κ2) is 7.78. The van der Waals surface area contributed by atoms with Crippen molar-refractivity contribution < 1.29 is 14.3 Å². The number of hydrogen-bond acceptors (Lipinski definition) is 4. The summed E-state index contributed by atoms with van der Waals surface area (Å²) in [6.45, 7) is 3.51. The molecule has 0 aliphatic carbocycles. The molecule has 1 heterocycles. The van der Waals surface area contributed by atoms with E-state index in [4.69, 9.17) is 4.74 Å². The van der Waals surface area contributed by atoms with Crippen LogP contribution in [0.2, 0.25) is 0 Å². The molecule has 0 radical (unpaired) electrons. The number of aryl methyl sites for hydroxylation is 1. The van der Waals surface area contributed by atoms with Crippen LogP contribution >= 0.6 is 0 Å². The van der Waals surface area contributed by atoms with Crippen molar-refractivity contribution >= 4 is 28.5 Å². The maximum Gasteiger partial charge on any atom is 0.339 e. The number of carbonyl (C=O) groups is 2. The van der Waals surface area contributed by atoms with Crippen molar-refractivity contribution in [2.75, 3.05) is 11.9 Å². The maximum atomic E-state index is 12.7. The van der Waals surface area contributed by atoms with Gasteiger partial charge in [-0.3, -0.25) is 9.78 Å². The lowest BCUT2D eigenvalue weighted by Crippen LogP contribution is -2.21. The molecule has 0 saturated heterocycles. The fraction of sp³-hybridized carbons (Fsp3) is 0.190. The first-order chi connectivity index (χ1) is 12.6. The van der Waals surface area contributed by atoms with Crippen molar-refractivity contribution in [2.45, 2.75) is 20.3 Å². The molecule has 5 heteroatoms. The predicted molar refractivity (Wildman–Crippen MR) is 101 cm³/mol. The molecular formula is C21H20N2O3. The SMILES string of the molecule is CCc1nc2ccccc2c(C(=O)OCC(=O)Nc2ccccc2)c1C. The van der Waals surface area contributed by atoms with E-state index in [1.165, 1.54) is 0 Å². The molecule has 3 aromatic rings. The van der Waals surface area contributed by atoms with Crippen LogP contribution in [0.1, 0.15) is 28.5 Å². The number of anilines is 1. The highest BCUT2D eigenvalue weighted by Gasteiger charge is 2.19. The van der Waals surface area contributed by atoms with Crippen LogP contribution < -0.4 is 5.32 Å². The number of pyridine rings is 1. The van der Waals surface area contributed by atoms with Gasteiger partial charge in [-0.2, -0.15) is 0 Å². The number of benzene rings is 2. The van der Waals surface area contributed by atoms with Gasteiger partial charge in [-0.15, -0.1) is 0 Å². The van der Waals surface area contributed by atoms with Crippen molar-refractivity contribution in [2.24, 2.45) is 0 Å². The molecule has 1 N–H and O–H groups in total. The topological polar surface area (TPSA) is 68.3 Å².